The largest absolute Gasteiger partial charge is 0.462 e. The zero-order valence-electron chi connectivity index (χ0n) is 18.3. The van der Waals surface area contributed by atoms with Crippen molar-refractivity contribution in [2.24, 2.45) is 0 Å². The van der Waals surface area contributed by atoms with Crippen LogP contribution in [0, 0.1) is 6.92 Å². The number of hydrogen-bond acceptors (Lipinski definition) is 7. The van der Waals surface area contributed by atoms with E-state index in [0.717, 1.165) is 10.4 Å². The Morgan fingerprint density at radius 3 is 2.53 bits per heavy atom. The van der Waals surface area contributed by atoms with Crippen LogP contribution in [0.15, 0.2) is 54.7 Å². The molecule has 34 heavy (non-hydrogen) atoms. The molecule has 0 aliphatic heterocycles. The maximum Gasteiger partial charge on any atom is 0.359 e. The highest BCUT2D eigenvalue weighted by atomic mass is 35.5. The number of aromatic nitrogens is 2. The van der Waals surface area contributed by atoms with E-state index in [-0.39, 0.29) is 23.0 Å². The Bertz CT molecular complexity index is 1380. The summed E-state index contributed by atoms with van der Waals surface area (Å²) in [5, 5.41) is 2.98. The van der Waals surface area contributed by atoms with Crippen LogP contribution >= 0.6 is 22.9 Å². The van der Waals surface area contributed by atoms with Crippen molar-refractivity contribution in [1.29, 1.82) is 0 Å². The second-order valence-corrected chi connectivity index (χ2v) is 8.71. The van der Waals surface area contributed by atoms with Crippen LogP contribution in [-0.2, 0) is 14.3 Å². The number of aryl methyl sites for hydroxylation is 1. The minimum Gasteiger partial charge on any atom is -0.462 e. The van der Waals surface area contributed by atoms with E-state index in [1.54, 1.807) is 31.3 Å². The molecule has 4 aromatic rings. The zero-order chi connectivity index (χ0) is 24.2. The average molecular weight is 498 g/mol. The average Bonchev–Trinajstić information content (AvgIpc) is 3.33. The molecule has 1 N–H and O–H groups in total. The molecule has 0 radical (unpaired) electrons. The lowest BCUT2D eigenvalue weighted by Crippen LogP contribution is -2.22. The molecule has 0 aliphatic rings. The number of ether oxygens (including phenoxy) is 2. The molecule has 0 unspecified atom stereocenters. The van der Waals surface area contributed by atoms with Crippen molar-refractivity contribution in [1.82, 2.24) is 9.38 Å². The first-order chi connectivity index (χ1) is 16.4. The van der Waals surface area contributed by atoms with E-state index >= 15 is 0 Å². The van der Waals surface area contributed by atoms with Gasteiger partial charge in [0.25, 0.3) is 5.91 Å². The molecule has 0 atom stereocenters. The van der Waals surface area contributed by atoms with Crippen molar-refractivity contribution in [3.63, 3.8) is 0 Å². The van der Waals surface area contributed by atoms with Gasteiger partial charge in [-0.2, -0.15) is 0 Å². The van der Waals surface area contributed by atoms with Gasteiger partial charge in [0.15, 0.2) is 17.5 Å². The number of fused-ring (bicyclic) bond motifs is 1. The SMILES string of the molecule is CCOC(=O)c1c(NC(=O)COC(=O)c2c(Cl)nc3ccccn23)sc(C)c1-c1ccccc1. The third-order valence-electron chi connectivity index (χ3n) is 4.89. The molecule has 0 saturated heterocycles. The molecule has 1 amide bonds. The van der Waals surface area contributed by atoms with E-state index < -0.39 is 24.5 Å². The fourth-order valence-electron chi connectivity index (χ4n) is 3.50. The molecule has 4 rings (SSSR count). The molecule has 0 bridgehead atoms. The highest BCUT2D eigenvalue weighted by Gasteiger charge is 2.26. The Balaban J connectivity index is 1.54. The lowest BCUT2D eigenvalue weighted by molar-refractivity contribution is -0.119. The third-order valence-corrected chi connectivity index (χ3v) is 6.18. The Hall–Kier alpha value is -3.69. The lowest BCUT2D eigenvalue weighted by Gasteiger charge is -2.09. The molecule has 0 spiro atoms. The highest BCUT2D eigenvalue weighted by Crippen LogP contribution is 2.40. The number of pyridine rings is 1. The monoisotopic (exact) mass is 497 g/mol. The summed E-state index contributed by atoms with van der Waals surface area (Å²) in [5.74, 6) is -1.95. The number of nitrogens with one attached hydrogen (secondary N) is 1. The number of hydrogen-bond donors (Lipinski definition) is 1. The predicted molar refractivity (Wildman–Crippen MR) is 130 cm³/mol. The molecular formula is C24H20ClN3O5S. The highest BCUT2D eigenvalue weighted by molar-refractivity contribution is 7.17. The number of carbonyl (C=O) groups is 3. The lowest BCUT2D eigenvalue weighted by atomic mass is 10.0. The van der Waals surface area contributed by atoms with E-state index in [9.17, 15) is 14.4 Å². The standard InChI is InChI=1S/C24H20ClN3O5S/c1-3-32-23(30)19-18(15-9-5-4-6-10-15)14(2)34-22(19)27-17(29)13-33-24(31)20-21(25)26-16-11-7-8-12-28(16)20/h4-12H,3,13H2,1-2H3,(H,27,29). The molecule has 0 fully saturated rings. The Morgan fingerprint density at radius 2 is 1.79 bits per heavy atom. The number of esters is 2. The molecule has 0 saturated carbocycles. The molecule has 1 aromatic carbocycles. The summed E-state index contributed by atoms with van der Waals surface area (Å²) in [4.78, 5) is 42.9. The topological polar surface area (TPSA) is 99.0 Å². The van der Waals surface area contributed by atoms with Gasteiger partial charge in [0.05, 0.1) is 6.61 Å². The van der Waals surface area contributed by atoms with Gasteiger partial charge >= 0.3 is 11.9 Å². The Kier molecular flexibility index (Phi) is 6.95. The third kappa shape index (κ3) is 4.66. The number of carbonyl (C=O) groups excluding carboxylic acids is 3. The van der Waals surface area contributed by atoms with Crippen LogP contribution in [0.25, 0.3) is 16.8 Å². The summed E-state index contributed by atoms with van der Waals surface area (Å²) >= 11 is 7.33. The first-order valence-electron chi connectivity index (χ1n) is 10.4. The summed E-state index contributed by atoms with van der Waals surface area (Å²) in [6, 6.07) is 14.5. The zero-order valence-corrected chi connectivity index (χ0v) is 19.9. The Labute approximate surface area is 204 Å². The maximum atomic E-state index is 12.8. The van der Waals surface area contributed by atoms with Crippen LogP contribution < -0.4 is 5.32 Å². The molecule has 174 valence electrons. The van der Waals surface area contributed by atoms with Gasteiger partial charge in [-0.05, 0) is 31.5 Å². The summed E-state index contributed by atoms with van der Waals surface area (Å²) in [5.41, 5.74) is 2.28. The van der Waals surface area contributed by atoms with Gasteiger partial charge in [-0.1, -0.05) is 48.0 Å². The number of halogens is 1. The van der Waals surface area contributed by atoms with Gasteiger partial charge in [-0.15, -0.1) is 11.3 Å². The van der Waals surface area contributed by atoms with Crippen LogP contribution in [0.5, 0.6) is 0 Å². The summed E-state index contributed by atoms with van der Waals surface area (Å²) in [6.07, 6.45) is 1.62. The van der Waals surface area contributed by atoms with Crippen LogP contribution in [0.2, 0.25) is 5.15 Å². The molecule has 8 nitrogen and oxygen atoms in total. The number of nitrogens with zero attached hydrogens (tertiary/aromatic N) is 2. The number of amides is 1. The van der Waals surface area contributed by atoms with Crippen LogP contribution in [0.3, 0.4) is 0 Å². The first kappa shape index (κ1) is 23.5. The number of benzene rings is 1. The van der Waals surface area contributed by atoms with Crippen molar-refractivity contribution >= 4 is 51.4 Å². The van der Waals surface area contributed by atoms with Gasteiger partial charge in [0.2, 0.25) is 0 Å². The smallest absolute Gasteiger partial charge is 0.359 e. The number of thiophene rings is 1. The molecule has 0 aliphatic carbocycles. The molecule has 3 aromatic heterocycles. The summed E-state index contributed by atoms with van der Waals surface area (Å²) < 4.78 is 11.9. The van der Waals surface area contributed by atoms with Crippen LogP contribution in [-0.4, -0.2) is 40.4 Å². The summed E-state index contributed by atoms with van der Waals surface area (Å²) in [6.45, 7) is 3.18. The van der Waals surface area contributed by atoms with Gasteiger partial charge < -0.3 is 14.8 Å². The maximum absolute atomic E-state index is 12.8. The van der Waals surface area contributed by atoms with E-state index in [1.165, 1.54) is 15.7 Å². The van der Waals surface area contributed by atoms with Crippen molar-refractivity contribution < 1.29 is 23.9 Å². The van der Waals surface area contributed by atoms with Crippen molar-refractivity contribution in [3.05, 3.63) is 76.0 Å². The van der Waals surface area contributed by atoms with Gasteiger partial charge in [-0.3, -0.25) is 9.20 Å². The first-order valence-corrected chi connectivity index (χ1v) is 11.6. The number of rotatable bonds is 7. The second kappa shape index (κ2) is 10.1. The quantitative estimate of drug-likeness (QED) is 0.361. The van der Waals surface area contributed by atoms with Crippen molar-refractivity contribution in [2.75, 3.05) is 18.5 Å². The van der Waals surface area contributed by atoms with Gasteiger partial charge in [0, 0.05) is 16.6 Å². The summed E-state index contributed by atoms with van der Waals surface area (Å²) in [7, 11) is 0. The fraction of sp³-hybridized carbons (Fsp3) is 0.167. The second-order valence-electron chi connectivity index (χ2n) is 7.13. The van der Waals surface area contributed by atoms with Crippen molar-refractivity contribution in [3.8, 4) is 11.1 Å². The normalized spacial score (nSPS) is 10.8. The van der Waals surface area contributed by atoms with Gasteiger partial charge in [-0.25, -0.2) is 14.6 Å². The minimum absolute atomic E-state index is 0.0237. The molecular weight excluding hydrogens is 478 g/mol. The van der Waals surface area contributed by atoms with E-state index in [0.29, 0.717) is 16.2 Å². The van der Waals surface area contributed by atoms with Crippen molar-refractivity contribution in [2.45, 2.75) is 13.8 Å². The van der Waals surface area contributed by atoms with E-state index in [4.69, 9.17) is 21.1 Å². The predicted octanol–water partition coefficient (Wildman–Crippen LogP) is 5.00. The fourth-order valence-corrected chi connectivity index (χ4v) is 4.83. The van der Waals surface area contributed by atoms with Crippen LogP contribution in [0.1, 0.15) is 32.6 Å². The minimum atomic E-state index is -0.795. The number of imidazole rings is 1. The Morgan fingerprint density at radius 1 is 1.06 bits per heavy atom. The van der Waals surface area contributed by atoms with E-state index in [2.05, 4.69) is 10.3 Å². The van der Waals surface area contributed by atoms with Crippen LogP contribution in [0.4, 0.5) is 5.00 Å². The van der Waals surface area contributed by atoms with Gasteiger partial charge in [0.1, 0.15) is 16.2 Å². The van der Waals surface area contributed by atoms with E-state index in [1.807, 2.05) is 37.3 Å². The molecule has 3 heterocycles. The molecule has 10 heteroatoms. The number of anilines is 1.